The molecule has 1 saturated heterocycles. The van der Waals surface area contributed by atoms with E-state index in [-0.39, 0.29) is 17.6 Å². The number of likely N-dealkylation sites (tertiary alicyclic amines) is 1. The third kappa shape index (κ3) is 4.00. The largest absolute Gasteiger partial charge is 0.475 e. The lowest BCUT2D eigenvalue weighted by atomic mass is 9.53. The SMILES string of the molecule is O=C(NC1CCN(C(=O)CC(=O)C(=O)O)CC1)NC12CC3CC(CC(C3)C1)C2. The molecule has 3 N–H and O–H groups in total. The van der Waals surface area contributed by atoms with Crippen molar-refractivity contribution in [2.24, 2.45) is 17.8 Å². The molecule has 0 aromatic carbocycles. The molecule has 5 fully saturated rings. The zero-order valence-electron chi connectivity index (χ0n) is 16.1. The van der Waals surface area contributed by atoms with Crippen molar-refractivity contribution in [1.29, 1.82) is 0 Å². The van der Waals surface area contributed by atoms with Gasteiger partial charge in [-0.3, -0.25) is 9.59 Å². The lowest BCUT2D eigenvalue weighted by Crippen LogP contribution is -2.62. The zero-order valence-corrected chi connectivity index (χ0v) is 16.1. The first-order valence-electron chi connectivity index (χ1n) is 10.4. The van der Waals surface area contributed by atoms with Gasteiger partial charge in [-0.05, 0) is 69.1 Å². The number of hydrogen-bond acceptors (Lipinski definition) is 4. The Hall–Kier alpha value is -2.12. The van der Waals surface area contributed by atoms with Gasteiger partial charge in [0.05, 0.1) is 6.42 Å². The number of hydrogen-bond donors (Lipinski definition) is 3. The molecule has 4 saturated carbocycles. The highest BCUT2D eigenvalue weighted by Gasteiger charge is 2.51. The molecule has 0 radical (unpaired) electrons. The van der Waals surface area contributed by atoms with E-state index in [0.29, 0.717) is 25.9 Å². The Morgan fingerprint density at radius 2 is 1.46 bits per heavy atom. The van der Waals surface area contributed by atoms with Gasteiger partial charge in [0, 0.05) is 24.7 Å². The van der Waals surface area contributed by atoms with Crippen molar-refractivity contribution in [3.63, 3.8) is 0 Å². The van der Waals surface area contributed by atoms with Crippen molar-refractivity contribution in [3.8, 4) is 0 Å². The molecule has 8 heteroatoms. The zero-order chi connectivity index (χ0) is 19.9. The quantitative estimate of drug-likeness (QED) is 0.482. The minimum atomic E-state index is -1.58. The van der Waals surface area contributed by atoms with E-state index in [4.69, 9.17) is 5.11 Å². The lowest BCUT2D eigenvalue weighted by molar-refractivity contribution is -0.151. The molecule has 154 valence electrons. The van der Waals surface area contributed by atoms with Crippen molar-refractivity contribution in [1.82, 2.24) is 15.5 Å². The molecule has 0 unspecified atom stereocenters. The van der Waals surface area contributed by atoms with Crippen LogP contribution in [-0.4, -0.2) is 58.4 Å². The first-order valence-corrected chi connectivity index (χ1v) is 10.4. The van der Waals surface area contributed by atoms with Gasteiger partial charge in [-0.15, -0.1) is 0 Å². The highest BCUT2D eigenvalue weighted by molar-refractivity contribution is 6.36. The number of rotatable bonds is 5. The number of carboxylic acids is 1. The Labute approximate surface area is 164 Å². The van der Waals surface area contributed by atoms with Crippen LogP contribution < -0.4 is 10.6 Å². The number of carbonyl (C=O) groups excluding carboxylic acids is 3. The Bertz CT molecular complexity index is 648. The molecule has 4 bridgehead atoms. The van der Waals surface area contributed by atoms with E-state index in [1.54, 1.807) is 0 Å². The summed E-state index contributed by atoms with van der Waals surface area (Å²) in [5, 5.41) is 15.0. The van der Waals surface area contributed by atoms with Gasteiger partial charge < -0.3 is 20.6 Å². The number of ketones is 1. The summed E-state index contributed by atoms with van der Waals surface area (Å²) in [5.74, 6) is -0.798. The monoisotopic (exact) mass is 391 g/mol. The summed E-state index contributed by atoms with van der Waals surface area (Å²) in [6.45, 7) is 0.849. The lowest BCUT2D eigenvalue weighted by Gasteiger charge is -2.56. The number of amides is 3. The highest BCUT2D eigenvalue weighted by Crippen LogP contribution is 2.55. The fourth-order valence-electron chi connectivity index (χ4n) is 6.32. The molecular formula is C20H29N3O5. The van der Waals surface area contributed by atoms with Gasteiger partial charge in [0.2, 0.25) is 11.7 Å². The number of aliphatic carboxylic acids is 1. The predicted molar refractivity (Wildman–Crippen MR) is 99.4 cm³/mol. The summed E-state index contributed by atoms with van der Waals surface area (Å²) in [5.41, 5.74) is -0.0211. The second-order valence-corrected chi connectivity index (χ2v) is 9.36. The number of piperidine rings is 1. The molecule has 0 aromatic rings. The Morgan fingerprint density at radius 3 is 1.96 bits per heavy atom. The van der Waals surface area contributed by atoms with Crippen LogP contribution in [0.15, 0.2) is 0 Å². The average Bonchev–Trinajstić information content (AvgIpc) is 2.60. The van der Waals surface area contributed by atoms with Crippen molar-refractivity contribution in [2.75, 3.05) is 13.1 Å². The highest BCUT2D eigenvalue weighted by atomic mass is 16.4. The number of nitrogens with one attached hydrogen (secondary N) is 2. The first kappa shape index (κ1) is 19.2. The molecule has 1 aliphatic heterocycles. The van der Waals surface area contributed by atoms with Crippen LogP contribution in [0.2, 0.25) is 0 Å². The van der Waals surface area contributed by atoms with Crippen LogP contribution in [-0.2, 0) is 14.4 Å². The van der Waals surface area contributed by atoms with Crippen LogP contribution >= 0.6 is 0 Å². The van der Waals surface area contributed by atoms with Crippen molar-refractivity contribution < 1.29 is 24.3 Å². The minimum absolute atomic E-state index is 0.00635. The molecule has 1 heterocycles. The maximum atomic E-state index is 12.6. The van der Waals surface area contributed by atoms with E-state index < -0.39 is 24.1 Å². The smallest absolute Gasteiger partial charge is 0.372 e. The fourth-order valence-corrected chi connectivity index (χ4v) is 6.32. The van der Waals surface area contributed by atoms with Crippen LogP contribution in [0.5, 0.6) is 0 Å². The van der Waals surface area contributed by atoms with E-state index >= 15 is 0 Å². The third-order valence-corrected chi connectivity index (χ3v) is 7.15. The molecule has 8 nitrogen and oxygen atoms in total. The number of nitrogens with zero attached hydrogens (tertiary/aromatic N) is 1. The van der Waals surface area contributed by atoms with E-state index in [0.717, 1.165) is 37.0 Å². The predicted octanol–water partition coefficient (Wildman–Crippen LogP) is 1.29. The van der Waals surface area contributed by atoms with Gasteiger partial charge in [-0.1, -0.05) is 0 Å². The van der Waals surface area contributed by atoms with Gasteiger partial charge in [0.25, 0.3) is 0 Å². The van der Waals surface area contributed by atoms with E-state index in [9.17, 15) is 19.2 Å². The second kappa shape index (κ2) is 7.37. The summed E-state index contributed by atoms with van der Waals surface area (Å²) in [4.78, 5) is 47.9. The summed E-state index contributed by atoms with van der Waals surface area (Å²) >= 11 is 0. The Morgan fingerprint density at radius 1 is 0.929 bits per heavy atom. The topological polar surface area (TPSA) is 116 Å². The Balaban J connectivity index is 1.23. The summed E-state index contributed by atoms with van der Waals surface area (Å²) in [7, 11) is 0. The second-order valence-electron chi connectivity index (χ2n) is 9.36. The van der Waals surface area contributed by atoms with Crippen molar-refractivity contribution >= 4 is 23.7 Å². The first-order chi connectivity index (χ1) is 13.3. The molecular weight excluding hydrogens is 362 g/mol. The maximum absolute atomic E-state index is 12.6. The van der Waals surface area contributed by atoms with Crippen LogP contribution in [0.25, 0.3) is 0 Å². The van der Waals surface area contributed by atoms with Gasteiger partial charge >= 0.3 is 12.0 Å². The number of urea groups is 1. The summed E-state index contributed by atoms with van der Waals surface area (Å²) in [6, 6.07) is -0.110. The van der Waals surface area contributed by atoms with Crippen LogP contribution in [0.4, 0.5) is 4.79 Å². The number of carbonyl (C=O) groups is 4. The summed E-state index contributed by atoms with van der Waals surface area (Å²) in [6.07, 6.45) is 7.95. The van der Waals surface area contributed by atoms with Gasteiger partial charge in [0.1, 0.15) is 0 Å². The molecule has 5 aliphatic rings. The summed E-state index contributed by atoms with van der Waals surface area (Å²) < 4.78 is 0. The van der Waals surface area contributed by atoms with E-state index in [2.05, 4.69) is 10.6 Å². The molecule has 3 amide bonds. The fraction of sp³-hybridized carbons (Fsp3) is 0.800. The van der Waals surface area contributed by atoms with Crippen LogP contribution in [0.3, 0.4) is 0 Å². The van der Waals surface area contributed by atoms with Gasteiger partial charge in [-0.25, -0.2) is 9.59 Å². The van der Waals surface area contributed by atoms with E-state index in [1.807, 2.05) is 0 Å². The maximum Gasteiger partial charge on any atom is 0.372 e. The molecule has 5 rings (SSSR count). The molecule has 0 atom stereocenters. The van der Waals surface area contributed by atoms with Crippen molar-refractivity contribution in [3.05, 3.63) is 0 Å². The standard InChI is InChI=1S/C20H29N3O5/c24-16(18(26)27)8-17(25)23-3-1-15(2-4-23)21-19(28)22-20-9-12-5-13(10-20)7-14(6-12)11-20/h12-15H,1-11H2,(H,26,27)(H2,21,22,28). The molecule has 0 aromatic heterocycles. The third-order valence-electron chi connectivity index (χ3n) is 7.15. The normalized spacial score (nSPS) is 34.1. The molecule has 28 heavy (non-hydrogen) atoms. The number of carboxylic acid groups (broad SMARTS) is 1. The van der Waals surface area contributed by atoms with Gasteiger partial charge in [-0.2, -0.15) is 0 Å². The van der Waals surface area contributed by atoms with Crippen LogP contribution in [0.1, 0.15) is 57.8 Å². The average molecular weight is 391 g/mol. The minimum Gasteiger partial charge on any atom is -0.475 e. The van der Waals surface area contributed by atoms with Crippen LogP contribution in [0, 0.1) is 17.8 Å². The number of Topliss-reactive ketones (excluding diaryl/α,β-unsaturated/α-hetero) is 1. The molecule has 0 spiro atoms. The van der Waals surface area contributed by atoms with E-state index in [1.165, 1.54) is 24.2 Å². The van der Waals surface area contributed by atoms with Gasteiger partial charge in [0.15, 0.2) is 0 Å². The molecule has 4 aliphatic carbocycles. The Kier molecular flexibility index (Phi) is 5.05. The van der Waals surface area contributed by atoms with Crippen molar-refractivity contribution in [2.45, 2.75) is 69.4 Å².